The first-order chi connectivity index (χ1) is 11.3. The van der Waals surface area contributed by atoms with Crippen molar-refractivity contribution in [2.75, 3.05) is 13.7 Å². The molecule has 0 aliphatic heterocycles. The van der Waals surface area contributed by atoms with Crippen LogP contribution in [0.25, 0.3) is 11.0 Å². The Labute approximate surface area is 134 Å². The van der Waals surface area contributed by atoms with Crippen molar-refractivity contribution in [2.45, 2.75) is 13.1 Å². The van der Waals surface area contributed by atoms with E-state index in [1.807, 2.05) is 24.3 Å². The fourth-order valence-electron chi connectivity index (χ4n) is 2.44. The minimum atomic E-state index is -0.212. The average Bonchev–Trinajstić information content (AvgIpc) is 2.96. The molecule has 2 heterocycles. The van der Waals surface area contributed by atoms with Gasteiger partial charge in [0, 0.05) is 19.9 Å². The minimum Gasteiger partial charge on any atom is -0.383 e. The van der Waals surface area contributed by atoms with Crippen molar-refractivity contribution in [2.24, 2.45) is 0 Å². The first-order valence-electron chi connectivity index (χ1n) is 7.42. The number of fused-ring (bicyclic) bond motifs is 1. The Balaban J connectivity index is 1.80. The normalized spacial score (nSPS) is 10.8. The number of nitrogens with zero attached hydrogens (tertiary/aromatic N) is 3. The summed E-state index contributed by atoms with van der Waals surface area (Å²) in [5, 5.41) is 2.87. The summed E-state index contributed by atoms with van der Waals surface area (Å²) < 4.78 is 7.24. The van der Waals surface area contributed by atoms with E-state index >= 15 is 0 Å². The number of ether oxygens (including phenoxy) is 1. The Morgan fingerprint density at radius 2 is 2.04 bits per heavy atom. The van der Waals surface area contributed by atoms with E-state index in [1.54, 1.807) is 31.5 Å². The number of hydrogen-bond acceptors (Lipinski definition) is 4. The van der Waals surface area contributed by atoms with Gasteiger partial charge in [-0.3, -0.25) is 9.78 Å². The van der Waals surface area contributed by atoms with E-state index in [-0.39, 0.29) is 5.91 Å². The summed E-state index contributed by atoms with van der Waals surface area (Å²) in [6, 6.07) is 13.2. The van der Waals surface area contributed by atoms with Gasteiger partial charge in [0.25, 0.3) is 5.91 Å². The number of para-hydroxylation sites is 2. The monoisotopic (exact) mass is 310 g/mol. The molecule has 23 heavy (non-hydrogen) atoms. The lowest BCUT2D eigenvalue weighted by Gasteiger charge is -2.09. The van der Waals surface area contributed by atoms with Crippen LogP contribution in [0, 0.1) is 0 Å². The van der Waals surface area contributed by atoms with Crippen LogP contribution in [-0.4, -0.2) is 34.2 Å². The molecule has 0 saturated heterocycles. The molecule has 1 amide bonds. The van der Waals surface area contributed by atoms with Crippen LogP contribution in [0.2, 0.25) is 0 Å². The highest BCUT2D eigenvalue weighted by molar-refractivity contribution is 5.92. The largest absolute Gasteiger partial charge is 0.383 e. The molecule has 0 fully saturated rings. The summed E-state index contributed by atoms with van der Waals surface area (Å²) in [4.78, 5) is 20.8. The van der Waals surface area contributed by atoms with Gasteiger partial charge in [0.05, 0.1) is 24.2 Å². The van der Waals surface area contributed by atoms with Crippen LogP contribution in [0.4, 0.5) is 0 Å². The molecular formula is C17H18N4O2. The van der Waals surface area contributed by atoms with Crippen LogP contribution in [0.1, 0.15) is 16.3 Å². The van der Waals surface area contributed by atoms with Gasteiger partial charge in [0.1, 0.15) is 11.5 Å². The van der Waals surface area contributed by atoms with Crippen LogP contribution in [0.3, 0.4) is 0 Å². The summed E-state index contributed by atoms with van der Waals surface area (Å²) in [6.07, 6.45) is 1.60. The zero-order valence-corrected chi connectivity index (χ0v) is 12.9. The molecule has 3 rings (SSSR count). The van der Waals surface area contributed by atoms with Gasteiger partial charge in [-0.05, 0) is 24.3 Å². The number of methoxy groups -OCH3 is 1. The van der Waals surface area contributed by atoms with Crippen molar-refractivity contribution in [1.29, 1.82) is 0 Å². The Hall–Kier alpha value is -2.73. The van der Waals surface area contributed by atoms with Crippen LogP contribution >= 0.6 is 0 Å². The third kappa shape index (κ3) is 3.37. The molecule has 0 unspecified atom stereocenters. The number of rotatable bonds is 6. The molecule has 0 atom stereocenters. The number of aromatic nitrogens is 3. The van der Waals surface area contributed by atoms with Crippen molar-refractivity contribution >= 4 is 16.9 Å². The second-order valence-electron chi connectivity index (χ2n) is 5.06. The molecule has 6 nitrogen and oxygen atoms in total. The van der Waals surface area contributed by atoms with Gasteiger partial charge < -0.3 is 14.6 Å². The highest BCUT2D eigenvalue weighted by Gasteiger charge is 2.12. The first-order valence-corrected chi connectivity index (χ1v) is 7.42. The third-order valence-electron chi connectivity index (χ3n) is 3.56. The summed E-state index contributed by atoms with van der Waals surface area (Å²) in [7, 11) is 1.67. The lowest BCUT2D eigenvalue weighted by molar-refractivity contribution is 0.0944. The molecule has 0 radical (unpaired) electrons. The van der Waals surface area contributed by atoms with Gasteiger partial charge in [-0.1, -0.05) is 18.2 Å². The van der Waals surface area contributed by atoms with Crippen molar-refractivity contribution in [3.63, 3.8) is 0 Å². The molecule has 0 saturated carbocycles. The number of benzene rings is 1. The summed E-state index contributed by atoms with van der Waals surface area (Å²) in [6.45, 7) is 1.61. The van der Waals surface area contributed by atoms with Crippen LogP contribution in [-0.2, 0) is 17.8 Å². The predicted octanol–water partition coefficient (Wildman–Crippen LogP) is 2.01. The van der Waals surface area contributed by atoms with Gasteiger partial charge in [0.2, 0.25) is 0 Å². The maximum absolute atomic E-state index is 12.1. The third-order valence-corrected chi connectivity index (χ3v) is 3.56. The van der Waals surface area contributed by atoms with Crippen LogP contribution < -0.4 is 5.32 Å². The quantitative estimate of drug-likeness (QED) is 0.756. The van der Waals surface area contributed by atoms with E-state index < -0.39 is 0 Å². The lowest BCUT2D eigenvalue weighted by Crippen LogP contribution is -2.25. The van der Waals surface area contributed by atoms with Crippen molar-refractivity contribution in [3.05, 3.63) is 60.2 Å². The number of hydrogen-bond donors (Lipinski definition) is 1. The maximum Gasteiger partial charge on any atom is 0.270 e. The lowest BCUT2D eigenvalue weighted by atomic mass is 10.3. The Morgan fingerprint density at radius 1 is 1.22 bits per heavy atom. The van der Waals surface area contributed by atoms with Crippen molar-refractivity contribution in [1.82, 2.24) is 19.9 Å². The van der Waals surface area contributed by atoms with Crippen molar-refractivity contribution < 1.29 is 9.53 Å². The SMILES string of the molecule is COCCn1c(CNC(=O)c2ccccn2)nc2ccccc21. The molecule has 6 heteroatoms. The number of amides is 1. The zero-order chi connectivity index (χ0) is 16.1. The molecule has 0 aliphatic rings. The van der Waals surface area contributed by atoms with Crippen LogP contribution in [0.5, 0.6) is 0 Å². The summed E-state index contributed by atoms with van der Waals surface area (Å²) in [5.41, 5.74) is 2.34. The molecule has 1 aromatic carbocycles. The number of carbonyl (C=O) groups is 1. The molecule has 1 N–H and O–H groups in total. The first kappa shape index (κ1) is 15.2. The zero-order valence-electron chi connectivity index (χ0n) is 12.9. The van der Waals surface area contributed by atoms with E-state index in [9.17, 15) is 4.79 Å². The number of carbonyl (C=O) groups excluding carboxylic acids is 1. The summed E-state index contributed by atoms with van der Waals surface area (Å²) >= 11 is 0. The van der Waals surface area contributed by atoms with E-state index in [4.69, 9.17) is 4.74 Å². The van der Waals surface area contributed by atoms with Gasteiger partial charge >= 0.3 is 0 Å². The van der Waals surface area contributed by atoms with E-state index in [1.165, 1.54) is 0 Å². The van der Waals surface area contributed by atoms with Crippen molar-refractivity contribution in [3.8, 4) is 0 Å². The fraction of sp³-hybridized carbons (Fsp3) is 0.235. The van der Waals surface area contributed by atoms with E-state index in [2.05, 4.69) is 19.9 Å². The van der Waals surface area contributed by atoms with Gasteiger partial charge in [-0.15, -0.1) is 0 Å². The maximum atomic E-state index is 12.1. The van der Waals surface area contributed by atoms with Gasteiger partial charge in [-0.25, -0.2) is 4.98 Å². The number of pyridine rings is 1. The second-order valence-corrected chi connectivity index (χ2v) is 5.06. The van der Waals surface area contributed by atoms with Gasteiger partial charge in [0.15, 0.2) is 0 Å². The number of imidazole rings is 1. The smallest absolute Gasteiger partial charge is 0.270 e. The van der Waals surface area contributed by atoms with E-state index in [0.29, 0.717) is 25.4 Å². The Kier molecular flexibility index (Phi) is 4.63. The summed E-state index contributed by atoms with van der Waals surface area (Å²) in [5.74, 6) is 0.587. The molecule has 0 aliphatic carbocycles. The molecular weight excluding hydrogens is 292 g/mol. The standard InChI is InChI=1S/C17H18N4O2/c1-23-11-10-21-15-8-3-2-6-13(15)20-16(21)12-19-17(22)14-7-4-5-9-18-14/h2-9H,10-12H2,1H3,(H,19,22). The Bertz CT molecular complexity index is 799. The van der Waals surface area contributed by atoms with E-state index in [0.717, 1.165) is 16.9 Å². The molecule has 2 aromatic heterocycles. The predicted molar refractivity (Wildman–Crippen MR) is 87.0 cm³/mol. The molecule has 118 valence electrons. The highest BCUT2D eigenvalue weighted by Crippen LogP contribution is 2.16. The molecule has 0 bridgehead atoms. The molecule has 3 aromatic rings. The average molecular weight is 310 g/mol. The fourth-order valence-corrected chi connectivity index (χ4v) is 2.44. The second kappa shape index (κ2) is 7.02. The highest BCUT2D eigenvalue weighted by atomic mass is 16.5. The Morgan fingerprint density at radius 3 is 2.83 bits per heavy atom. The topological polar surface area (TPSA) is 69.0 Å². The molecule has 0 spiro atoms. The van der Waals surface area contributed by atoms with Crippen LogP contribution in [0.15, 0.2) is 48.7 Å². The van der Waals surface area contributed by atoms with Gasteiger partial charge in [-0.2, -0.15) is 0 Å². The minimum absolute atomic E-state index is 0.212. The number of nitrogens with one attached hydrogen (secondary N) is 1.